The van der Waals surface area contributed by atoms with Gasteiger partial charge in [0.2, 0.25) is 0 Å². The minimum atomic E-state index is -4.66. The predicted molar refractivity (Wildman–Crippen MR) is 49.9 cm³/mol. The van der Waals surface area contributed by atoms with E-state index >= 15 is 0 Å². The van der Waals surface area contributed by atoms with Gasteiger partial charge < -0.3 is 5.11 Å². The van der Waals surface area contributed by atoms with Gasteiger partial charge in [0, 0.05) is 10.9 Å². The number of aliphatic hydroxyl groups excluding tert-OH is 1. The molecule has 84 valence electrons. The molecule has 15 heavy (non-hydrogen) atoms. The van der Waals surface area contributed by atoms with Crippen LogP contribution in [-0.2, 0) is 6.42 Å². The van der Waals surface area contributed by atoms with Crippen LogP contribution in [0.15, 0.2) is 22.7 Å². The van der Waals surface area contributed by atoms with Gasteiger partial charge >= 0.3 is 6.18 Å². The molecular formula is C9H7BrF4O. The molecule has 0 radical (unpaired) electrons. The van der Waals surface area contributed by atoms with Crippen molar-refractivity contribution in [3.05, 3.63) is 34.1 Å². The van der Waals surface area contributed by atoms with Crippen LogP contribution in [0.5, 0.6) is 0 Å². The summed E-state index contributed by atoms with van der Waals surface area (Å²) in [5, 5.41) is 8.79. The summed E-state index contributed by atoms with van der Waals surface area (Å²) in [4.78, 5) is 0. The van der Waals surface area contributed by atoms with Gasteiger partial charge in [-0.3, -0.25) is 0 Å². The van der Waals surface area contributed by atoms with Crippen LogP contribution in [-0.4, -0.2) is 17.4 Å². The number of benzene rings is 1. The number of halogens is 5. The number of rotatable bonds is 2. The Morgan fingerprint density at radius 1 is 1.33 bits per heavy atom. The largest absolute Gasteiger partial charge is 0.414 e. The molecule has 1 aromatic carbocycles. The Labute approximate surface area is 91.9 Å². The van der Waals surface area contributed by atoms with Crippen molar-refractivity contribution in [1.82, 2.24) is 0 Å². The van der Waals surface area contributed by atoms with Crippen LogP contribution in [0.25, 0.3) is 0 Å². The average Bonchev–Trinajstić information content (AvgIpc) is 2.08. The molecule has 0 unspecified atom stereocenters. The summed E-state index contributed by atoms with van der Waals surface area (Å²) < 4.78 is 48.8. The highest BCUT2D eigenvalue weighted by Gasteiger charge is 2.38. The first-order chi connectivity index (χ1) is 6.80. The molecule has 1 rings (SSSR count). The number of hydrogen-bond acceptors (Lipinski definition) is 1. The molecule has 0 amide bonds. The minimum absolute atomic E-state index is 0.209. The minimum Gasteiger partial charge on any atom is -0.383 e. The Balaban J connectivity index is 2.82. The topological polar surface area (TPSA) is 20.2 Å². The van der Waals surface area contributed by atoms with Crippen molar-refractivity contribution in [2.45, 2.75) is 18.7 Å². The van der Waals surface area contributed by atoms with Gasteiger partial charge in [-0.15, -0.1) is 0 Å². The first kappa shape index (κ1) is 12.4. The molecule has 1 nitrogen and oxygen atoms in total. The number of alkyl halides is 3. The third-order valence-corrected chi connectivity index (χ3v) is 2.54. The molecule has 1 N–H and O–H groups in total. The summed E-state index contributed by atoms with van der Waals surface area (Å²) in [5.41, 5.74) is 0.209. The Kier molecular flexibility index (Phi) is 3.72. The zero-order chi connectivity index (χ0) is 11.6. The van der Waals surface area contributed by atoms with Crippen LogP contribution in [0.4, 0.5) is 17.6 Å². The second-order valence-electron chi connectivity index (χ2n) is 3.00. The molecule has 0 heterocycles. The van der Waals surface area contributed by atoms with Gasteiger partial charge in [-0.25, -0.2) is 4.39 Å². The molecule has 0 spiro atoms. The summed E-state index contributed by atoms with van der Waals surface area (Å²) >= 11 is 2.92. The first-order valence-corrected chi connectivity index (χ1v) is 4.78. The third-order valence-electron chi connectivity index (χ3n) is 1.81. The highest BCUT2D eigenvalue weighted by Crippen LogP contribution is 2.26. The SMILES string of the molecule is O[C@H](Cc1ccc(F)cc1Br)C(F)(F)F. The maximum absolute atomic E-state index is 12.6. The van der Waals surface area contributed by atoms with Crippen molar-refractivity contribution < 1.29 is 22.7 Å². The predicted octanol–water partition coefficient (Wildman–Crippen LogP) is 3.05. The van der Waals surface area contributed by atoms with E-state index in [-0.39, 0.29) is 10.0 Å². The fraction of sp³-hybridized carbons (Fsp3) is 0.333. The van der Waals surface area contributed by atoms with E-state index in [0.717, 1.165) is 12.1 Å². The van der Waals surface area contributed by atoms with Gasteiger partial charge in [0.25, 0.3) is 0 Å². The van der Waals surface area contributed by atoms with E-state index in [2.05, 4.69) is 15.9 Å². The van der Waals surface area contributed by atoms with E-state index in [1.165, 1.54) is 6.07 Å². The summed E-state index contributed by atoms with van der Waals surface area (Å²) in [6.07, 6.45) is -7.68. The van der Waals surface area contributed by atoms with E-state index in [1.807, 2.05) is 0 Å². The van der Waals surface area contributed by atoms with Gasteiger partial charge in [-0.1, -0.05) is 22.0 Å². The van der Waals surface area contributed by atoms with Crippen molar-refractivity contribution in [3.63, 3.8) is 0 Å². The lowest BCUT2D eigenvalue weighted by molar-refractivity contribution is -0.203. The van der Waals surface area contributed by atoms with Crippen LogP contribution < -0.4 is 0 Å². The van der Waals surface area contributed by atoms with E-state index in [4.69, 9.17) is 5.11 Å². The molecular weight excluding hydrogens is 280 g/mol. The molecule has 6 heteroatoms. The number of hydrogen-bond donors (Lipinski definition) is 1. The van der Waals surface area contributed by atoms with Crippen molar-refractivity contribution in [1.29, 1.82) is 0 Å². The summed E-state index contributed by atoms with van der Waals surface area (Å²) in [7, 11) is 0. The molecule has 0 aliphatic carbocycles. The van der Waals surface area contributed by atoms with Crippen molar-refractivity contribution >= 4 is 15.9 Å². The van der Waals surface area contributed by atoms with Crippen molar-refractivity contribution in [2.75, 3.05) is 0 Å². The lowest BCUT2D eigenvalue weighted by atomic mass is 10.1. The number of aliphatic hydroxyl groups is 1. The fourth-order valence-corrected chi connectivity index (χ4v) is 1.52. The van der Waals surface area contributed by atoms with Gasteiger partial charge in [0.15, 0.2) is 6.10 Å². The lowest BCUT2D eigenvalue weighted by Gasteiger charge is -2.15. The molecule has 1 aromatic rings. The van der Waals surface area contributed by atoms with Crippen molar-refractivity contribution in [2.24, 2.45) is 0 Å². The molecule has 0 saturated carbocycles. The molecule has 0 bridgehead atoms. The standard InChI is InChI=1S/C9H7BrF4O/c10-7-4-6(11)2-1-5(7)3-8(15)9(12,13)14/h1-2,4,8,15H,3H2/t8-/m1/s1. The highest BCUT2D eigenvalue weighted by atomic mass is 79.9. The molecule has 0 fully saturated rings. The Morgan fingerprint density at radius 3 is 2.40 bits per heavy atom. The van der Waals surface area contributed by atoms with Crippen LogP contribution in [0.3, 0.4) is 0 Å². The van der Waals surface area contributed by atoms with Crippen LogP contribution >= 0.6 is 15.9 Å². The van der Waals surface area contributed by atoms with Gasteiger partial charge in [-0.05, 0) is 17.7 Å². The summed E-state index contributed by atoms with van der Waals surface area (Å²) in [5.74, 6) is -0.549. The van der Waals surface area contributed by atoms with Crippen LogP contribution in [0.1, 0.15) is 5.56 Å². The van der Waals surface area contributed by atoms with Crippen LogP contribution in [0, 0.1) is 5.82 Å². The first-order valence-electron chi connectivity index (χ1n) is 3.99. The maximum atomic E-state index is 12.6. The van der Waals surface area contributed by atoms with Gasteiger partial charge in [0.05, 0.1) is 0 Å². The monoisotopic (exact) mass is 286 g/mol. The van der Waals surface area contributed by atoms with Crippen LogP contribution in [0.2, 0.25) is 0 Å². The van der Waals surface area contributed by atoms with Crippen molar-refractivity contribution in [3.8, 4) is 0 Å². The van der Waals surface area contributed by atoms with Gasteiger partial charge in [0.1, 0.15) is 5.82 Å². The Morgan fingerprint density at radius 2 is 1.93 bits per heavy atom. The highest BCUT2D eigenvalue weighted by molar-refractivity contribution is 9.10. The smallest absolute Gasteiger partial charge is 0.383 e. The molecule has 0 aliphatic rings. The van der Waals surface area contributed by atoms with E-state index in [1.54, 1.807) is 0 Å². The molecule has 0 aromatic heterocycles. The zero-order valence-electron chi connectivity index (χ0n) is 7.35. The fourth-order valence-electron chi connectivity index (χ4n) is 1.01. The molecule has 1 atom stereocenters. The van der Waals surface area contributed by atoms with E-state index in [9.17, 15) is 17.6 Å². The second-order valence-corrected chi connectivity index (χ2v) is 3.85. The quantitative estimate of drug-likeness (QED) is 0.829. The molecule has 0 aliphatic heterocycles. The van der Waals surface area contributed by atoms with E-state index < -0.39 is 24.5 Å². The molecule has 0 saturated heterocycles. The van der Waals surface area contributed by atoms with E-state index in [0.29, 0.717) is 0 Å². The normalized spacial score (nSPS) is 14.0. The third kappa shape index (κ3) is 3.46. The Hall–Kier alpha value is -0.620. The Bertz CT molecular complexity index is 350. The summed E-state index contributed by atoms with van der Waals surface area (Å²) in [6, 6.07) is 3.30. The summed E-state index contributed by atoms with van der Waals surface area (Å²) in [6.45, 7) is 0. The zero-order valence-corrected chi connectivity index (χ0v) is 8.94. The van der Waals surface area contributed by atoms with Gasteiger partial charge in [-0.2, -0.15) is 13.2 Å². The lowest BCUT2D eigenvalue weighted by Crippen LogP contribution is -2.30. The maximum Gasteiger partial charge on any atom is 0.414 e. The second kappa shape index (κ2) is 4.49. The average molecular weight is 287 g/mol.